The Hall–Kier alpha value is -2.56. The molecule has 0 spiro atoms. The van der Waals surface area contributed by atoms with E-state index in [2.05, 4.69) is 10.3 Å². The van der Waals surface area contributed by atoms with E-state index in [1.807, 2.05) is 0 Å². The van der Waals surface area contributed by atoms with Crippen LogP contribution in [0.1, 0.15) is 0 Å². The van der Waals surface area contributed by atoms with Crippen LogP contribution in [0, 0.1) is 0 Å². The van der Waals surface area contributed by atoms with Gasteiger partial charge in [0, 0.05) is 5.02 Å². The number of sulfonamides is 1. The minimum Gasteiger partial charge on any atom is -0.468 e. The standard InChI is InChI=1S/C15H14ClN3O6S/c16-9-2-1-3-12(4-9)26(23,24)19-7-11(8-20)25-14-13(19)5-10(6-17-14)18-15(21)22/h1-6,11,18,20H,7-8H2,(H,21,22). The summed E-state index contributed by atoms with van der Waals surface area (Å²) >= 11 is 5.89. The molecular formula is C15H14ClN3O6S. The second-order valence-electron chi connectivity index (χ2n) is 5.39. The molecule has 9 nitrogen and oxygen atoms in total. The Morgan fingerprint density at radius 3 is 2.85 bits per heavy atom. The third-order valence-electron chi connectivity index (χ3n) is 3.59. The van der Waals surface area contributed by atoms with E-state index in [4.69, 9.17) is 21.4 Å². The molecule has 1 atom stereocenters. The predicted octanol–water partition coefficient (Wildman–Crippen LogP) is 1.77. The Balaban J connectivity index is 2.10. The van der Waals surface area contributed by atoms with E-state index in [-0.39, 0.29) is 33.7 Å². The number of anilines is 2. The van der Waals surface area contributed by atoms with Crippen molar-refractivity contribution in [2.24, 2.45) is 0 Å². The third kappa shape index (κ3) is 3.52. The molecule has 1 aliphatic heterocycles. The van der Waals surface area contributed by atoms with Gasteiger partial charge in [0.2, 0.25) is 5.88 Å². The van der Waals surface area contributed by atoms with Crippen molar-refractivity contribution >= 4 is 39.1 Å². The number of fused-ring (bicyclic) bond motifs is 1. The van der Waals surface area contributed by atoms with Gasteiger partial charge in [-0.1, -0.05) is 17.7 Å². The molecule has 1 aromatic carbocycles. The Morgan fingerprint density at radius 1 is 1.42 bits per heavy atom. The average Bonchev–Trinajstić information content (AvgIpc) is 2.60. The summed E-state index contributed by atoms with van der Waals surface area (Å²) in [5, 5.41) is 20.6. The largest absolute Gasteiger partial charge is 0.468 e. The number of pyridine rings is 1. The summed E-state index contributed by atoms with van der Waals surface area (Å²) in [4.78, 5) is 14.7. The zero-order chi connectivity index (χ0) is 18.9. The number of hydrogen-bond donors (Lipinski definition) is 3. The number of carbonyl (C=O) groups is 1. The molecule has 1 unspecified atom stereocenters. The van der Waals surface area contributed by atoms with Crippen LogP contribution in [-0.2, 0) is 10.0 Å². The molecule has 0 saturated heterocycles. The lowest BCUT2D eigenvalue weighted by atomic mass is 10.2. The molecule has 0 aliphatic carbocycles. The van der Waals surface area contributed by atoms with Crippen LogP contribution in [0.3, 0.4) is 0 Å². The minimum atomic E-state index is -4.04. The Morgan fingerprint density at radius 2 is 2.19 bits per heavy atom. The fourth-order valence-electron chi connectivity index (χ4n) is 2.46. The molecule has 26 heavy (non-hydrogen) atoms. The summed E-state index contributed by atoms with van der Waals surface area (Å²) in [5.74, 6) is -0.0307. The second-order valence-corrected chi connectivity index (χ2v) is 7.69. The van der Waals surface area contributed by atoms with Gasteiger partial charge in [0.05, 0.1) is 29.9 Å². The molecule has 11 heteroatoms. The second kappa shape index (κ2) is 6.98. The van der Waals surface area contributed by atoms with Crippen LogP contribution in [0.2, 0.25) is 5.02 Å². The van der Waals surface area contributed by atoms with Gasteiger partial charge in [0.25, 0.3) is 10.0 Å². The molecule has 1 amide bonds. The number of ether oxygens (including phenoxy) is 1. The highest BCUT2D eigenvalue weighted by Gasteiger charge is 2.35. The summed E-state index contributed by atoms with van der Waals surface area (Å²) in [5.41, 5.74) is 0.134. The highest BCUT2D eigenvalue weighted by atomic mass is 35.5. The number of nitrogens with one attached hydrogen (secondary N) is 1. The van der Waals surface area contributed by atoms with Gasteiger partial charge in [-0.25, -0.2) is 18.2 Å². The number of aliphatic hydroxyl groups is 1. The monoisotopic (exact) mass is 399 g/mol. The quantitative estimate of drug-likeness (QED) is 0.714. The molecule has 0 bridgehead atoms. The Kier molecular flexibility index (Phi) is 4.90. The normalized spacial score (nSPS) is 16.5. The average molecular weight is 400 g/mol. The Bertz CT molecular complexity index is 952. The van der Waals surface area contributed by atoms with Crippen LogP contribution < -0.4 is 14.4 Å². The minimum absolute atomic E-state index is 0.0307. The number of carboxylic acid groups (broad SMARTS) is 1. The Labute approximate surface area is 153 Å². The van der Waals surface area contributed by atoms with E-state index in [0.717, 1.165) is 4.31 Å². The summed E-state index contributed by atoms with van der Waals surface area (Å²) in [6.07, 6.45) is -0.945. The van der Waals surface area contributed by atoms with Crippen LogP contribution in [0.15, 0.2) is 41.4 Å². The fraction of sp³-hybridized carbons (Fsp3) is 0.200. The molecule has 3 N–H and O–H groups in total. The van der Waals surface area contributed by atoms with E-state index in [0.29, 0.717) is 0 Å². The highest BCUT2D eigenvalue weighted by Crippen LogP contribution is 2.37. The zero-order valence-electron chi connectivity index (χ0n) is 13.2. The maximum Gasteiger partial charge on any atom is 0.409 e. The first kappa shape index (κ1) is 18.2. The van der Waals surface area contributed by atoms with Gasteiger partial charge in [-0.3, -0.25) is 9.62 Å². The lowest BCUT2D eigenvalue weighted by Gasteiger charge is -2.34. The first-order chi connectivity index (χ1) is 12.3. The smallest absolute Gasteiger partial charge is 0.409 e. The van der Waals surface area contributed by atoms with Crippen LogP contribution >= 0.6 is 11.6 Å². The topological polar surface area (TPSA) is 129 Å². The SMILES string of the molecule is O=C(O)Nc1cnc2c(c1)N(S(=O)(=O)c1cccc(Cl)c1)CC(CO)O2. The molecule has 2 heterocycles. The third-order valence-corrected chi connectivity index (χ3v) is 5.60. The molecule has 3 rings (SSSR count). The van der Waals surface area contributed by atoms with Crippen molar-refractivity contribution in [2.75, 3.05) is 22.8 Å². The van der Waals surface area contributed by atoms with Crippen molar-refractivity contribution in [1.29, 1.82) is 0 Å². The van der Waals surface area contributed by atoms with Gasteiger partial charge in [0.1, 0.15) is 11.8 Å². The van der Waals surface area contributed by atoms with Gasteiger partial charge in [0.15, 0.2) is 0 Å². The number of aliphatic hydroxyl groups excluding tert-OH is 1. The summed E-state index contributed by atoms with van der Waals surface area (Å²) < 4.78 is 32.6. The van der Waals surface area contributed by atoms with Crippen molar-refractivity contribution < 1.29 is 28.2 Å². The summed E-state index contributed by atoms with van der Waals surface area (Å²) in [6, 6.07) is 7.03. The number of benzene rings is 1. The van der Waals surface area contributed by atoms with Gasteiger partial charge < -0.3 is 14.9 Å². The number of aromatic nitrogens is 1. The van der Waals surface area contributed by atoms with Crippen LogP contribution in [0.25, 0.3) is 0 Å². The number of halogens is 1. The van der Waals surface area contributed by atoms with Crippen molar-refractivity contribution in [1.82, 2.24) is 4.98 Å². The van der Waals surface area contributed by atoms with Crippen molar-refractivity contribution in [3.8, 4) is 5.88 Å². The van der Waals surface area contributed by atoms with Gasteiger partial charge >= 0.3 is 6.09 Å². The number of amides is 1. The lowest BCUT2D eigenvalue weighted by Crippen LogP contribution is -2.45. The first-order valence-electron chi connectivity index (χ1n) is 7.37. The van der Waals surface area contributed by atoms with E-state index in [1.54, 1.807) is 6.07 Å². The molecule has 0 saturated carbocycles. The number of rotatable bonds is 4. The van der Waals surface area contributed by atoms with E-state index >= 15 is 0 Å². The molecule has 1 aromatic heterocycles. The fourth-order valence-corrected chi connectivity index (χ4v) is 4.25. The summed E-state index contributed by atoms with van der Waals surface area (Å²) in [6.45, 7) is -0.589. The van der Waals surface area contributed by atoms with Crippen LogP contribution in [0.4, 0.5) is 16.2 Å². The molecule has 2 aromatic rings. The molecule has 138 valence electrons. The van der Waals surface area contributed by atoms with Crippen molar-refractivity contribution in [3.05, 3.63) is 41.6 Å². The highest BCUT2D eigenvalue weighted by molar-refractivity contribution is 7.92. The number of nitrogens with zero attached hydrogens (tertiary/aromatic N) is 2. The summed E-state index contributed by atoms with van der Waals surface area (Å²) in [7, 11) is -4.04. The van der Waals surface area contributed by atoms with Gasteiger partial charge in [-0.05, 0) is 24.3 Å². The van der Waals surface area contributed by atoms with Crippen LogP contribution in [-0.4, -0.2) is 49.0 Å². The maximum atomic E-state index is 13.1. The van der Waals surface area contributed by atoms with Crippen LogP contribution in [0.5, 0.6) is 5.88 Å². The van der Waals surface area contributed by atoms with Crippen molar-refractivity contribution in [3.63, 3.8) is 0 Å². The molecule has 0 radical (unpaired) electrons. The first-order valence-corrected chi connectivity index (χ1v) is 9.19. The van der Waals surface area contributed by atoms with Gasteiger partial charge in [-0.2, -0.15) is 0 Å². The maximum absolute atomic E-state index is 13.1. The lowest BCUT2D eigenvalue weighted by molar-refractivity contribution is 0.111. The molecule has 1 aliphatic rings. The van der Waals surface area contributed by atoms with Crippen molar-refractivity contribution in [2.45, 2.75) is 11.0 Å². The van der Waals surface area contributed by atoms with E-state index < -0.39 is 28.8 Å². The molecule has 0 fully saturated rings. The zero-order valence-corrected chi connectivity index (χ0v) is 14.7. The van der Waals surface area contributed by atoms with E-state index in [1.165, 1.54) is 30.5 Å². The predicted molar refractivity (Wildman–Crippen MR) is 93.4 cm³/mol. The van der Waals surface area contributed by atoms with Gasteiger partial charge in [-0.15, -0.1) is 0 Å². The molecular weight excluding hydrogens is 386 g/mol. The van der Waals surface area contributed by atoms with E-state index in [9.17, 15) is 18.3 Å². The number of hydrogen-bond acceptors (Lipinski definition) is 6.